The second-order valence-corrected chi connectivity index (χ2v) is 4.56. The van der Waals surface area contributed by atoms with Crippen molar-refractivity contribution in [2.75, 3.05) is 14.1 Å². The van der Waals surface area contributed by atoms with Crippen LogP contribution in [0.3, 0.4) is 0 Å². The van der Waals surface area contributed by atoms with E-state index in [9.17, 15) is 9.50 Å². The Balaban J connectivity index is 3.00. The summed E-state index contributed by atoms with van der Waals surface area (Å²) in [6.45, 7) is 4.04. The molecular formula is C13H20FNO. The quantitative estimate of drug-likeness (QED) is 0.851. The summed E-state index contributed by atoms with van der Waals surface area (Å²) in [6.07, 6.45) is 0.200. The number of rotatable bonds is 4. The first-order chi connectivity index (χ1) is 7.41. The summed E-state index contributed by atoms with van der Waals surface area (Å²) in [5.74, 6) is -0.279. The molecule has 0 bridgehead atoms. The molecule has 0 aliphatic heterocycles. The Hall–Kier alpha value is -0.930. The van der Waals surface area contributed by atoms with E-state index in [1.807, 2.05) is 32.8 Å². The van der Waals surface area contributed by atoms with Gasteiger partial charge in [0.05, 0.1) is 6.10 Å². The summed E-state index contributed by atoms with van der Waals surface area (Å²) in [5.41, 5.74) is 0.414. The van der Waals surface area contributed by atoms with Gasteiger partial charge in [0.1, 0.15) is 5.82 Å². The highest BCUT2D eigenvalue weighted by Crippen LogP contribution is 2.32. The molecule has 90 valence electrons. The maximum absolute atomic E-state index is 12.8. The van der Waals surface area contributed by atoms with Gasteiger partial charge in [-0.1, -0.05) is 19.1 Å². The minimum atomic E-state index is -0.618. The summed E-state index contributed by atoms with van der Waals surface area (Å²) >= 11 is 0. The van der Waals surface area contributed by atoms with Crippen LogP contribution >= 0.6 is 0 Å². The molecule has 2 atom stereocenters. The van der Waals surface area contributed by atoms with Crippen LogP contribution in [-0.2, 0) is 0 Å². The van der Waals surface area contributed by atoms with E-state index in [1.165, 1.54) is 12.1 Å². The molecule has 0 saturated heterocycles. The molecule has 0 fully saturated rings. The van der Waals surface area contributed by atoms with Gasteiger partial charge in [-0.25, -0.2) is 4.39 Å². The maximum atomic E-state index is 12.8. The number of aliphatic hydroxyl groups excluding tert-OH is 1. The Morgan fingerprint density at radius 2 is 1.81 bits per heavy atom. The van der Waals surface area contributed by atoms with Gasteiger partial charge in [-0.15, -0.1) is 0 Å². The van der Waals surface area contributed by atoms with Gasteiger partial charge in [-0.3, -0.25) is 0 Å². The summed E-state index contributed by atoms with van der Waals surface area (Å²) in [6, 6.07) is 6.03. The molecule has 0 amide bonds. The zero-order valence-electron chi connectivity index (χ0n) is 10.4. The Kier molecular flexibility index (Phi) is 4.05. The van der Waals surface area contributed by atoms with Crippen LogP contribution in [0.25, 0.3) is 0 Å². The average molecular weight is 225 g/mol. The first-order valence-corrected chi connectivity index (χ1v) is 5.52. The molecule has 0 aliphatic carbocycles. The Morgan fingerprint density at radius 1 is 1.31 bits per heavy atom. The normalized spacial score (nSPS) is 17.2. The van der Waals surface area contributed by atoms with Gasteiger partial charge in [0.25, 0.3) is 0 Å². The molecular weight excluding hydrogens is 205 g/mol. The lowest BCUT2D eigenvalue weighted by Crippen LogP contribution is -2.46. The van der Waals surface area contributed by atoms with Crippen molar-refractivity contribution in [2.45, 2.75) is 31.9 Å². The van der Waals surface area contributed by atoms with E-state index in [1.54, 1.807) is 12.1 Å². The highest BCUT2D eigenvalue weighted by molar-refractivity contribution is 5.21. The molecule has 1 N–H and O–H groups in total. The minimum Gasteiger partial charge on any atom is -0.386 e. The topological polar surface area (TPSA) is 23.5 Å². The molecule has 3 heteroatoms. The van der Waals surface area contributed by atoms with Crippen molar-refractivity contribution in [1.82, 2.24) is 4.90 Å². The molecule has 2 nitrogen and oxygen atoms in total. The fourth-order valence-electron chi connectivity index (χ4n) is 1.76. The van der Waals surface area contributed by atoms with Gasteiger partial charge in [0.15, 0.2) is 0 Å². The van der Waals surface area contributed by atoms with E-state index in [2.05, 4.69) is 0 Å². The maximum Gasteiger partial charge on any atom is 0.123 e. The van der Waals surface area contributed by atoms with Gasteiger partial charge in [0, 0.05) is 5.54 Å². The molecule has 16 heavy (non-hydrogen) atoms. The fraction of sp³-hybridized carbons (Fsp3) is 0.538. The average Bonchev–Trinajstić information content (AvgIpc) is 2.27. The third kappa shape index (κ3) is 2.42. The van der Waals surface area contributed by atoms with Crippen molar-refractivity contribution in [2.24, 2.45) is 0 Å². The van der Waals surface area contributed by atoms with Gasteiger partial charge < -0.3 is 10.0 Å². The van der Waals surface area contributed by atoms with Crippen LogP contribution < -0.4 is 0 Å². The first-order valence-electron chi connectivity index (χ1n) is 5.52. The van der Waals surface area contributed by atoms with Crippen LogP contribution in [0.4, 0.5) is 4.39 Å². The highest BCUT2D eigenvalue weighted by atomic mass is 19.1. The lowest BCUT2D eigenvalue weighted by atomic mass is 9.86. The predicted octanol–water partition coefficient (Wildman–Crippen LogP) is 2.59. The van der Waals surface area contributed by atoms with Crippen molar-refractivity contribution in [1.29, 1.82) is 0 Å². The van der Waals surface area contributed by atoms with Gasteiger partial charge >= 0.3 is 0 Å². The van der Waals surface area contributed by atoms with E-state index in [0.29, 0.717) is 0 Å². The van der Waals surface area contributed by atoms with Crippen LogP contribution in [0, 0.1) is 5.82 Å². The van der Waals surface area contributed by atoms with Gasteiger partial charge in [0.2, 0.25) is 0 Å². The monoisotopic (exact) mass is 225 g/mol. The summed E-state index contributed by atoms with van der Waals surface area (Å²) in [7, 11) is 3.88. The molecule has 1 aromatic rings. The van der Waals surface area contributed by atoms with Crippen molar-refractivity contribution in [3.63, 3.8) is 0 Å². The largest absolute Gasteiger partial charge is 0.386 e. The van der Waals surface area contributed by atoms with E-state index in [-0.39, 0.29) is 11.4 Å². The second kappa shape index (κ2) is 4.93. The van der Waals surface area contributed by atoms with Crippen molar-refractivity contribution in [3.05, 3.63) is 35.6 Å². The first kappa shape index (κ1) is 13.1. The van der Waals surface area contributed by atoms with Gasteiger partial charge in [-0.2, -0.15) is 0 Å². The molecule has 0 heterocycles. The smallest absolute Gasteiger partial charge is 0.123 e. The van der Waals surface area contributed by atoms with E-state index in [0.717, 1.165) is 12.0 Å². The number of likely N-dealkylation sites (N-methyl/N-ethyl adjacent to an activating group) is 1. The van der Waals surface area contributed by atoms with Crippen molar-refractivity contribution < 1.29 is 9.50 Å². The molecule has 1 aromatic carbocycles. The third-order valence-corrected chi connectivity index (χ3v) is 3.51. The number of hydrogen-bond donors (Lipinski definition) is 1. The third-order valence-electron chi connectivity index (χ3n) is 3.51. The molecule has 0 spiro atoms. The molecule has 2 unspecified atom stereocenters. The van der Waals surface area contributed by atoms with Crippen molar-refractivity contribution in [3.8, 4) is 0 Å². The molecule has 0 saturated carbocycles. The molecule has 0 aromatic heterocycles. The summed E-state index contributed by atoms with van der Waals surface area (Å²) in [4.78, 5) is 2.00. The SMILES string of the molecule is CCC(C)(C(O)c1ccc(F)cc1)N(C)C. The van der Waals surface area contributed by atoms with E-state index in [4.69, 9.17) is 0 Å². The van der Waals surface area contributed by atoms with Crippen LogP contribution in [-0.4, -0.2) is 29.6 Å². The molecule has 1 rings (SSSR count). The minimum absolute atomic E-state index is 0.279. The lowest BCUT2D eigenvalue weighted by Gasteiger charge is -2.40. The number of hydrogen-bond acceptors (Lipinski definition) is 2. The van der Waals surface area contributed by atoms with E-state index < -0.39 is 6.10 Å². The number of nitrogens with zero attached hydrogens (tertiary/aromatic N) is 1. The van der Waals surface area contributed by atoms with Gasteiger partial charge in [-0.05, 0) is 45.1 Å². The molecule has 0 radical (unpaired) electrons. The summed E-state index contributed by atoms with van der Waals surface area (Å²) < 4.78 is 12.8. The number of aliphatic hydroxyl groups is 1. The van der Waals surface area contributed by atoms with Crippen molar-refractivity contribution >= 4 is 0 Å². The number of benzene rings is 1. The number of halogens is 1. The van der Waals surface area contributed by atoms with Crippen LogP contribution in [0.15, 0.2) is 24.3 Å². The van der Waals surface area contributed by atoms with Crippen LogP contribution in [0.5, 0.6) is 0 Å². The van der Waals surface area contributed by atoms with Crippen LogP contribution in [0.1, 0.15) is 31.9 Å². The fourth-order valence-corrected chi connectivity index (χ4v) is 1.76. The zero-order chi connectivity index (χ0) is 12.3. The zero-order valence-corrected chi connectivity index (χ0v) is 10.4. The second-order valence-electron chi connectivity index (χ2n) is 4.56. The van der Waals surface area contributed by atoms with E-state index >= 15 is 0 Å². The Morgan fingerprint density at radius 3 is 2.19 bits per heavy atom. The Bertz CT molecular complexity index is 336. The lowest BCUT2D eigenvalue weighted by molar-refractivity contribution is 0.000834. The summed E-state index contributed by atoms with van der Waals surface area (Å²) in [5, 5.41) is 10.3. The van der Waals surface area contributed by atoms with Crippen LogP contribution in [0.2, 0.25) is 0 Å². The molecule has 0 aliphatic rings. The Labute approximate surface area is 96.7 Å². The standard InChI is InChI=1S/C13H20FNO/c1-5-13(2,15(3)4)12(16)10-6-8-11(14)9-7-10/h6-9,12,16H,5H2,1-4H3. The predicted molar refractivity (Wildman–Crippen MR) is 63.7 cm³/mol. The highest BCUT2D eigenvalue weighted by Gasteiger charge is 2.34.